The lowest BCUT2D eigenvalue weighted by atomic mass is 10.1. The molecule has 2 heterocycles. The average Bonchev–Trinajstić information content (AvgIpc) is 2.97. The minimum atomic E-state index is -0.630. The van der Waals surface area contributed by atoms with E-state index in [9.17, 15) is 9.18 Å². The third-order valence-electron chi connectivity index (χ3n) is 3.76. The zero-order valence-electron chi connectivity index (χ0n) is 12.5. The van der Waals surface area contributed by atoms with Gasteiger partial charge in [0.15, 0.2) is 0 Å². The molecule has 0 atom stereocenters. The molecule has 5 nitrogen and oxygen atoms in total. The van der Waals surface area contributed by atoms with Gasteiger partial charge in [-0.25, -0.2) is 9.18 Å². The quantitative estimate of drug-likeness (QED) is 0.581. The van der Waals surface area contributed by atoms with E-state index in [2.05, 4.69) is 10.1 Å². The highest BCUT2D eigenvalue weighted by molar-refractivity contribution is 5.92. The molecule has 0 N–H and O–H groups in total. The van der Waals surface area contributed by atoms with Gasteiger partial charge in [-0.15, -0.1) is 5.10 Å². The largest absolute Gasteiger partial charge is 0.437 e. The highest BCUT2D eigenvalue weighted by Crippen LogP contribution is 2.25. The van der Waals surface area contributed by atoms with Crippen LogP contribution in [0.15, 0.2) is 70.0 Å². The van der Waals surface area contributed by atoms with E-state index < -0.39 is 5.76 Å². The lowest BCUT2D eigenvalue weighted by Gasteiger charge is -2.02. The van der Waals surface area contributed by atoms with Gasteiger partial charge in [-0.05, 0) is 24.3 Å². The molecule has 2 aromatic heterocycles. The SMILES string of the molecule is O=c1oc(-c2cccc3ncccc23)nn1Cc1ccccc1F. The molecule has 0 radical (unpaired) electrons. The van der Waals surface area contributed by atoms with Crippen molar-refractivity contribution in [1.29, 1.82) is 0 Å². The zero-order chi connectivity index (χ0) is 16.5. The maximum absolute atomic E-state index is 13.8. The van der Waals surface area contributed by atoms with E-state index in [0.29, 0.717) is 11.1 Å². The first-order chi connectivity index (χ1) is 11.7. The lowest BCUT2D eigenvalue weighted by molar-refractivity contribution is 0.490. The Kier molecular flexibility index (Phi) is 3.42. The number of halogens is 1. The Labute approximate surface area is 136 Å². The number of rotatable bonds is 3. The third kappa shape index (κ3) is 2.48. The van der Waals surface area contributed by atoms with Crippen LogP contribution in [-0.2, 0) is 6.54 Å². The Hall–Kier alpha value is -3.28. The molecule has 0 unspecified atom stereocenters. The van der Waals surface area contributed by atoms with Crippen molar-refractivity contribution in [2.45, 2.75) is 6.54 Å². The number of aromatic nitrogens is 3. The molecule has 24 heavy (non-hydrogen) atoms. The fourth-order valence-electron chi connectivity index (χ4n) is 2.59. The van der Waals surface area contributed by atoms with Gasteiger partial charge in [-0.1, -0.05) is 30.3 Å². The molecule has 0 saturated carbocycles. The summed E-state index contributed by atoms with van der Waals surface area (Å²) in [6, 6.07) is 15.4. The molecule has 2 aromatic carbocycles. The number of nitrogens with zero attached hydrogens (tertiary/aromatic N) is 3. The molecule has 0 bridgehead atoms. The van der Waals surface area contributed by atoms with Crippen LogP contribution in [0.3, 0.4) is 0 Å². The average molecular weight is 321 g/mol. The van der Waals surface area contributed by atoms with Gasteiger partial charge in [0.25, 0.3) is 0 Å². The van der Waals surface area contributed by atoms with Crippen LogP contribution in [-0.4, -0.2) is 14.8 Å². The van der Waals surface area contributed by atoms with Crippen molar-refractivity contribution in [3.05, 3.63) is 82.7 Å². The van der Waals surface area contributed by atoms with Gasteiger partial charge in [-0.2, -0.15) is 4.68 Å². The maximum Gasteiger partial charge on any atom is 0.437 e. The van der Waals surface area contributed by atoms with E-state index in [-0.39, 0.29) is 18.3 Å². The second kappa shape index (κ2) is 5.73. The van der Waals surface area contributed by atoms with Crippen molar-refractivity contribution in [2.75, 3.05) is 0 Å². The summed E-state index contributed by atoms with van der Waals surface area (Å²) in [7, 11) is 0. The molecular formula is C18H12FN3O2. The van der Waals surface area contributed by atoms with Crippen LogP contribution < -0.4 is 5.76 Å². The number of hydrogen-bond acceptors (Lipinski definition) is 4. The smallest absolute Gasteiger partial charge is 0.388 e. The summed E-state index contributed by atoms with van der Waals surface area (Å²) < 4.78 is 20.1. The molecule has 0 amide bonds. The molecule has 0 fully saturated rings. The van der Waals surface area contributed by atoms with Crippen molar-refractivity contribution < 1.29 is 8.81 Å². The second-order valence-corrected chi connectivity index (χ2v) is 5.30. The van der Waals surface area contributed by atoms with Gasteiger partial charge in [0.2, 0.25) is 5.89 Å². The summed E-state index contributed by atoms with van der Waals surface area (Å²) in [4.78, 5) is 16.3. The van der Waals surface area contributed by atoms with Gasteiger partial charge in [0.1, 0.15) is 5.82 Å². The standard InChI is InChI=1S/C18H12FN3O2/c19-15-8-2-1-5-12(15)11-22-18(23)24-17(21-22)14-6-3-9-16-13(14)7-4-10-20-16/h1-10H,11H2. The van der Waals surface area contributed by atoms with Crippen LogP contribution in [0.4, 0.5) is 4.39 Å². The molecule has 0 aliphatic rings. The number of fused-ring (bicyclic) bond motifs is 1. The first-order valence-corrected chi connectivity index (χ1v) is 7.38. The molecule has 118 valence electrons. The number of benzene rings is 2. The summed E-state index contributed by atoms with van der Waals surface area (Å²) in [5.74, 6) is -0.826. The summed E-state index contributed by atoms with van der Waals surface area (Å²) in [5, 5.41) is 5.04. The maximum atomic E-state index is 13.8. The molecule has 0 aliphatic carbocycles. The van der Waals surface area contributed by atoms with E-state index in [4.69, 9.17) is 4.42 Å². The molecule has 4 rings (SSSR count). The minimum absolute atomic E-state index is 0.0119. The van der Waals surface area contributed by atoms with E-state index in [1.54, 1.807) is 30.5 Å². The van der Waals surface area contributed by atoms with E-state index in [0.717, 1.165) is 15.6 Å². The molecule has 0 spiro atoms. The van der Waals surface area contributed by atoms with Crippen LogP contribution in [0.2, 0.25) is 0 Å². The van der Waals surface area contributed by atoms with Crippen LogP contribution in [0.1, 0.15) is 5.56 Å². The van der Waals surface area contributed by atoms with Gasteiger partial charge < -0.3 is 4.42 Å². The van der Waals surface area contributed by atoms with Gasteiger partial charge in [0.05, 0.1) is 12.1 Å². The van der Waals surface area contributed by atoms with Crippen LogP contribution in [0.25, 0.3) is 22.4 Å². The van der Waals surface area contributed by atoms with Gasteiger partial charge >= 0.3 is 5.76 Å². The molecule has 0 aliphatic heterocycles. The summed E-state index contributed by atoms with van der Waals surface area (Å²) >= 11 is 0. The zero-order valence-corrected chi connectivity index (χ0v) is 12.5. The molecule has 6 heteroatoms. The highest BCUT2D eigenvalue weighted by Gasteiger charge is 2.14. The monoisotopic (exact) mass is 321 g/mol. The number of hydrogen-bond donors (Lipinski definition) is 0. The van der Waals surface area contributed by atoms with Crippen LogP contribution >= 0.6 is 0 Å². The molecule has 0 saturated heterocycles. The first kappa shape index (κ1) is 14.3. The molecule has 4 aromatic rings. The predicted molar refractivity (Wildman–Crippen MR) is 87.0 cm³/mol. The Morgan fingerprint density at radius 2 is 1.92 bits per heavy atom. The fourth-order valence-corrected chi connectivity index (χ4v) is 2.59. The topological polar surface area (TPSA) is 60.9 Å². The van der Waals surface area contributed by atoms with Crippen molar-refractivity contribution in [3.8, 4) is 11.5 Å². The minimum Gasteiger partial charge on any atom is -0.388 e. The summed E-state index contributed by atoms with van der Waals surface area (Å²) in [6.07, 6.45) is 1.69. The van der Waals surface area contributed by atoms with Crippen molar-refractivity contribution in [1.82, 2.24) is 14.8 Å². The highest BCUT2D eigenvalue weighted by atomic mass is 19.1. The predicted octanol–water partition coefficient (Wildman–Crippen LogP) is 3.24. The van der Waals surface area contributed by atoms with E-state index in [1.807, 2.05) is 24.3 Å². The normalized spacial score (nSPS) is 11.0. The number of pyridine rings is 1. The summed E-state index contributed by atoms with van der Waals surface area (Å²) in [5.41, 5.74) is 1.82. The second-order valence-electron chi connectivity index (χ2n) is 5.30. The van der Waals surface area contributed by atoms with E-state index >= 15 is 0 Å². The summed E-state index contributed by atoms with van der Waals surface area (Å²) in [6.45, 7) is 0.0119. The fraction of sp³-hybridized carbons (Fsp3) is 0.0556. The first-order valence-electron chi connectivity index (χ1n) is 7.38. The third-order valence-corrected chi connectivity index (χ3v) is 3.76. The Bertz CT molecular complexity index is 1080. The van der Waals surface area contributed by atoms with Crippen molar-refractivity contribution in [2.24, 2.45) is 0 Å². The van der Waals surface area contributed by atoms with Gasteiger partial charge in [0, 0.05) is 22.7 Å². The van der Waals surface area contributed by atoms with Crippen LogP contribution in [0, 0.1) is 5.82 Å². The Morgan fingerprint density at radius 3 is 2.79 bits per heavy atom. The lowest BCUT2D eigenvalue weighted by Crippen LogP contribution is -2.17. The van der Waals surface area contributed by atoms with Gasteiger partial charge in [-0.3, -0.25) is 4.98 Å². The molecular weight excluding hydrogens is 309 g/mol. The van der Waals surface area contributed by atoms with Crippen molar-refractivity contribution in [3.63, 3.8) is 0 Å². The Morgan fingerprint density at radius 1 is 1.04 bits per heavy atom. The Balaban J connectivity index is 1.78. The van der Waals surface area contributed by atoms with Crippen molar-refractivity contribution >= 4 is 10.9 Å². The van der Waals surface area contributed by atoms with E-state index in [1.165, 1.54) is 6.07 Å². The van der Waals surface area contributed by atoms with Crippen LogP contribution in [0.5, 0.6) is 0 Å².